The van der Waals surface area contributed by atoms with E-state index in [-0.39, 0.29) is 11.9 Å². The molecule has 2 nitrogen and oxygen atoms in total. The van der Waals surface area contributed by atoms with Gasteiger partial charge in [-0.25, -0.2) is 0 Å². The molecule has 126 valence electrons. The number of amides is 1. The number of halogens is 1. The van der Waals surface area contributed by atoms with E-state index >= 15 is 0 Å². The van der Waals surface area contributed by atoms with Crippen LogP contribution in [0.3, 0.4) is 0 Å². The first-order chi connectivity index (χ1) is 12.2. The van der Waals surface area contributed by atoms with Gasteiger partial charge in [0.15, 0.2) is 0 Å². The molecule has 0 heterocycles. The van der Waals surface area contributed by atoms with Crippen LogP contribution in [-0.4, -0.2) is 17.4 Å². The van der Waals surface area contributed by atoms with E-state index in [1.165, 1.54) is 0 Å². The molecule has 25 heavy (non-hydrogen) atoms. The molecule has 0 saturated carbocycles. The molecule has 0 atom stereocenters. The zero-order valence-electron chi connectivity index (χ0n) is 14.1. The molecule has 3 heteroatoms. The number of carbonyl (C=O) groups excluding carboxylic acids is 1. The fraction of sp³-hybridized carbons (Fsp3) is 0.136. The largest absolute Gasteiger partial charge is 0.328 e. The summed E-state index contributed by atoms with van der Waals surface area (Å²) >= 11 is 3.43. The summed E-state index contributed by atoms with van der Waals surface area (Å²) < 4.78 is 0.967. The van der Waals surface area contributed by atoms with Crippen molar-refractivity contribution < 1.29 is 4.79 Å². The summed E-state index contributed by atoms with van der Waals surface area (Å²) in [5.74, 6) is 0.0349. The summed E-state index contributed by atoms with van der Waals surface area (Å²) in [6.07, 6.45) is 0. The predicted octanol–water partition coefficient (Wildman–Crippen LogP) is 5.70. The molecule has 0 N–H and O–H groups in total. The second-order valence-corrected chi connectivity index (χ2v) is 6.74. The average molecular weight is 394 g/mol. The maximum atomic E-state index is 13.2. The maximum absolute atomic E-state index is 13.2. The van der Waals surface area contributed by atoms with Gasteiger partial charge in [-0.05, 0) is 42.3 Å². The lowest BCUT2D eigenvalue weighted by molar-refractivity contribution is 0.0717. The second-order valence-electron chi connectivity index (χ2n) is 5.82. The van der Waals surface area contributed by atoms with Crippen LogP contribution in [-0.2, 0) is 0 Å². The molecule has 3 aromatic carbocycles. The number of carbonyl (C=O) groups is 1. The van der Waals surface area contributed by atoms with E-state index in [4.69, 9.17) is 0 Å². The molecule has 0 aliphatic heterocycles. The summed E-state index contributed by atoms with van der Waals surface area (Å²) in [5, 5.41) is 0. The van der Waals surface area contributed by atoms with Gasteiger partial charge in [0.1, 0.15) is 0 Å². The van der Waals surface area contributed by atoms with Crippen molar-refractivity contribution in [2.24, 2.45) is 0 Å². The van der Waals surface area contributed by atoms with Crippen molar-refractivity contribution in [1.29, 1.82) is 0 Å². The second kappa shape index (κ2) is 8.13. The minimum Gasteiger partial charge on any atom is -0.328 e. The molecular formula is C22H20BrNO. The van der Waals surface area contributed by atoms with Gasteiger partial charge in [0, 0.05) is 16.6 Å². The molecule has 0 radical (unpaired) electrons. The molecular weight excluding hydrogens is 374 g/mol. The molecule has 0 bridgehead atoms. The topological polar surface area (TPSA) is 20.3 Å². The van der Waals surface area contributed by atoms with Crippen molar-refractivity contribution in [3.8, 4) is 0 Å². The summed E-state index contributed by atoms with van der Waals surface area (Å²) in [6.45, 7) is 2.65. The van der Waals surface area contributed by atoms with Crippen LogP contribution in [0.25, 0.3) is 0 Å². The van der Waals surface area contributed by atoms with Gasteiger partial charge in [0.05, 0.1) is 6.04 Å². The van der Waals surface area contributed by atoms with Crippen LogP contribution in [0.1, 0.15) is 34.5 Å². The number of hydrogen-bond donors (Lipinski definition) is 0. The monoisotopic (exact) mass is 393 g/mol. The van der Waals surface area contributed by atoms with Gasteiger partial charge >= 0.3 is 0 Å². The van der Waals surface area contributed by atoms with Gasteiger partial charge in [0.2, 0.25) is 0 Å². The Bertz CT molecular complexity index is 776. The lowest BCUT2D eigenvalue weighted by atomic mass is 9.96. The number of rotatable bonds is 5. The third-order valence-corrected chi connectivity index (χ3v) is 4.76. The lowest BCUT2D eigenvalue weighted by Gasteiger charge is -2.32. The van der Waals surface area contributed by atoms with Gasteiger partial charge < -0.3 is 4.90 Å². The number of hydrogen-bond acceptors (Lipinski definition) is 1. The standard InChI is InChI=1S/C22H20BrNO/c1-2-24(22(25)19-13-15-20(23)16-14-19)21(17-9-5-3-6-10-17)18-11-7-4-8-12-18/h3-16,21H,2H2,1H3. The first kappa shape index (κ1) is 17.4. The predicted molar refractivity (Wildman–Crippen MR) is 106 cm³/mol. The van der Waals surface area contributed by atoms with E-state index in [0.29, 0.717) is 12.1 Å². The highest BCUT2D eigenvalue weighted by molar-refractivity contribution is 9.10. The van der Waals surface area contributed by atoms with Gasteiger partial charge in [-0.15, -0.1) is 0 Å². The number of benzene rings is 3. The van der Waals surface area contributed by atoms with E-state index in [1.54, 1.807) is 0 Å². The Balaban J connectivity index is 2.04. The van der Waals surface area contributed by atoms with E-state index < -0.39 is 0 Å². The molecule has 0 aliphatic carbocycles. The molecule has 0 aliphatic rings. The number of nitrogens with zero attached hydrogens (tertiary/aromatic N) is 1. The van der Waals surface area contributed by atoms with E-state index in [0.717, 1.165) is 15.6 Å². The summed E-state index contributed by atoms with van der Waals surface area (Å²) in [7, 11) is 0. The molecule has 0 aromatic heterocycles. The Morgan fingerprint density at radius 2 is 1.32 bits per heavy atom. The van der Waals surface area contributed by atoms with Gasteiger partial charge in [-0.3, -0.25) is 4.79 Å². The van der Waals surface area contributed by atoms with Crippen LogP contribution in [0.4, 0.5) is 0 Å². The van der Waals surface area contributed by atoms with E-state index in [2.05, 4.69) is 40.2 Å². The molecule has 0 fully saturated rings. The Hall–Kier alpha value is -2.39. The SMILES string of the molecule is CCN(C(=O)c1ccc(Br)cc1)C(c1ccccc1)c1ccccc1. The molecule has 1 amide bonds. The summed E-state index contributed by atoms with van der Waals surface area (Å²) in [4.78, 5) is 15.1. The highest BCUT2D eigenvalue weighted by atomic mass is 79.9. The van der Waals surface area contributed by atoms with Crippen LogP contribution >= 0.6 is 15.9 Å². The van der Waals surface area contributed by atoms with E-state index in [1.807, 2.05) is 72.5 Å². The van der Waals surface area contributed by atoms with Crippen molar-refractivity contribution in [2.75, 3.05) is 6.54 Å². The maximum Gasteiger partial charge on any atom is 0.254 e. The van der Waals surface area contributed by atoms with Crippen molar-refractivity contribution in [3.63, 3.8) is 0 Å². The quantitative estimate of drug-likeness (QED) is 0.544. The Morgan fingerprint density at radius 3 is 1.76 bits per heavy atom. The van der Waals surface area contributed by atoms with Gasteiger partial charge in [-0.1, -0.05) is 76.6 Å². The minimum absolute atomic E-state index is 0.0349. The van der Waals surface area contributed by atoms with Crippen molar-refractivity contribution >= 4 is 21.8 Å². The Kier molecular flexibility index (Phi) is 5.67. The zero-order chi connectivity index (χ0) is 17.6. The van der Waals surface area contributed by atoms with Crippen LogP contribution in [0, 0.1) is 0 Å². The highest BCUT2D eigenvalue weighted by Crippen LogP contribution is 2.30. The average Bonchev–Trinajstić information content (AvgIpc) is 2.67. The molecule has 0 spiro atoms. The Labute approximate surface area is 157 Å². The molecule has 3 rings (SSSR count). The van der Waals surface area contributed by atoms with Crippen LogP contribution < -0.4 is 0 Å². The van der Waals surface area contributed by atoms with Crippen LogP contribution in [0.5, 0.6) is 0 Å². The summed E-state index contributed by atoms with van der Waals surface area (Å²) in [6, 6.07) is 27.8. The van der Waals surface area contributed by atoms with Crippen LogP contribution in [0.2, 0.25) is 0 Å². The Morgan fingerprint density at radius 1 is 0.840 bits per heavy atom. The van der Waals surface area contributed by atoms with Gasteiger partial charge in [-0.2, -0.15) is 0 Å². The minimum atomic E-state index is -0.108. The fourth-order valence-electron chi connectivity index (χ4n) is 3.02. The lowest BCUT2D eigenvalue weighted by Crippen LogP contribution is -2.35. The fourth-order valence-corrected chi connectivity index (χ4v) is 3.29. The highest BCUT2D eigenvalue weighted by Gasteiger charge is 2.26. The zero-order valence-corrected chi connectivity index (χ0v) is 15.7. The van der Waals surface area contributed by atoms with E-state index in [9.17, 15) is 4.79 Å². The van der Waals surface area contributed by atoms with Crippen molar-refractivity contribution in [3.05, 3.63) is 106 Å². The smallest absolute Gasteiger partial charge is 0.254 e. The van der Waals surface area contributed by atoms with Crippen LogP contribution in [0.15, 0.2) is 89.4 Å². The third-order valence-electron chi connectivity index (χ3n) is 4.24. The first-order valence-electron chi connectivity index (χ1n) is 8.37. The molecule has 0 saturated heterocycles. The summed E-state index contributed by atoms with van der Waals surface area (Å²) in [5.41, 5.74) is 2.92. The first-order valence-corrected chi connectivity index (χ1v) is 9.16. The molecule has 0 unspecified atom stereocenters. The van der Waals surface area contributed by atoms with Gasteiger partial charge in [0.25, 0.3) is 5.91 Å². The normalized spacial score (nSPS) is 10.7. The van der Waals surface area contributed by atoms with Crippen molar-refractivity contribution in [2.45, 2.75) is 13.0 Å². The third kappa shape index (κ3) is 3.99. The molecule has 3 aromatic rings. The van der Waals surface area contributed by atoms with Crippen molar-refractivity contribution in [1.82, 2.24) is 4.90 Å².